The fourth-order valence-corrected chi connectivity index (χ4v) is 1.51. The van der Waals surface area contributed by atoms with Gasteiger partial charge in [0.05, 0.1) is 11.1 Å². The van der Waals surface area contributed by atoms with Gasteiger partial charge in [0.25, 0.3) is 0 Å². The van der Waals surface area contributed by atoms with Crippen molar-refractivity contribution >= 4 is 28.6 Å². The summed E-state index contributed by atoms with van der Waals surface area (Å²) in [4.78, 5) is 10.6. The molecule has 1 aromatic rings. The lowest BCUT2D eigenvalue weighted by Gasteiger charge is -2.01. The summed E-state index contributed by atoms with van der Waals surface area (Å²) in [5.41, 5.74) is 0.0755. The Hall–Kier alpha value is -1.29. The van der Waals surface area contributed by atoms with Crippen LogP contribution in [0.1, 0.15) is 15.9 Å². The molecule has 0 bridgehead atoms. The zero-order chi connectivity index (χ0) is 10.0. The molecule has 0 unspecified atom stereocenters. The molecule has 0 amide bonds. The Labute approximate surface area is 87.6 Å². The third-order valence-corrected chi connectivity index (χ3v) is 2.33. The molecule has 0 saturated heterocycles. The molecule has 0 saturated carbocycles. The number of benzene rings is 1. The summed E-state index contributed by atoms with van der Waals surface area (Å²) in [6.07, 6.45) is 0. The summed E-state index contributed by atoms with van der Waals surface area (Å²) in [6, 6.07) is 4.16. The fourth-order valence-electron chi connectivity index (χ4n) is 0.815. The molecule has 0 aliphatic rings. The zero-order valence-corrected chi connectivity index (χ0v) is 8.44. The molecule has 13 heavy (non-hydrogen) atoms. The largest absolute Gasteiger partial charge is 0.507 e. The van der Waals surface area contributed by atoms with Crippen LogP contribution >= 0.6 is 22.6 Å². The standard InChI is InChI=1S/C8H4INO3/c9-6-1-4(3-10)7(11)2-5(6)8(12)13/h1-2,11H,(H,12,13). The quantitative estimate of drug-likeness (QED) is 0.769. The lowest BCUT2D eigenvalue weighted by Crippen LogP contribution is -1.99. The molecule has 0 spiro atoms. The minimum atomic E-state index is -1.12. The van der Waals surface area contributed by atoms with Gasteiger partial charge in [0.15, 0.2) is 0 Å². The Balaban J connectivity index is 3.39. The molecule has 0 aromatic heterocycles. The first-order valence-electron chi connectivity index (χ1n) is 3.22. The van der Waals surface area contributed by atoms with E-state index in [0.717, 1.165) is 6.07 Å². The molecule has 1 aromatic carbocycles. The van der Waals surface area contributed by atoms with E-state index in [9.17, 15) is 9.90 Å². The highest BCUT2D eigenvalue weighted by atomic mass is 127. The predicted molar refractivity (Wildman–Crippen MR) is 52.5 cm³/mol. The van der Waals surface area contributed by atoms with E-state index in [-0.39, 0.29) is 16.9 Å². The average Bonchev–Trinajstić information content (AvgIpc) is 2.07. The van der Waals surface area contributed by atoms with Crippen LogP contribution in [-0.4, -0.2) is 16.2 Å². The molecule has 0 atom stereocenters. The van der Waals surface area contributed by atoms with Crippen molar-refractivity contribution in [2.24, 2.45) is 0 Å². The number of hydrogen-bond acceptors (Lipinski definition) is 3. The maximum atomic E-state index is 10.6. The summed E-state index contributed by atoms with van der Waals surface area (Å²) in [5.74, 6) is -1.43. The number of phenols is 1. The summed E-state index contributed by atoms with van der Waals surface area (Å²) in [5, 5.41) is 26.3. The van der Waals surface area contributed by atoms with Gasteiger partial charge >= 0.3 is 5.97 Å². The zero-order valence-electron chi connectivity index (χ0n) is 6.28. The molecular formula is C8H4INO3. The molecule has 66 valence electrons. The summed E-state index contributed by atoms with van der Waals surface area (Å²) < 4.78 is 0.430. The molecule has 0 fully saturated rings. The van der Waals surface area contributed by atoms with Gasteiger partial charge in [0.1, 0.15) is 11.8 Å². The number of nitrogens with zero attached hydrogens (tertiary/aromatic N) is 1. The highest BCUT2D eigenvalue weighted by Gasteiger charge is 2.12. The number of carbonyl (C=O) groups is 1. The highest BCUT2D eigenvalue weighted by molar-refractivity contribution is 14.1. The minimum Gasteiger partial charge on any atom is -0.507 e. The van der Waals surface area contributed by atoms with Crippen LogP contribution in [0, 0.1) is 14.9 Å². The first kappa shape index (κ1) is 9.80. The topological polar surface area (TPSA) is 81.3 Å². The monoisotopic (exact) mass is 289 g/mol. The van der Waals surface area contributed by atoms with E-state index in [4.69, 9.17) is 10.4 Å². The third kappa shape index (κ3) is 1.89. The number of halogens is 1. The summed E-state index contributed by atoms with van der Waals surface area (Å²) in [7, 11) is 0. The van der Waals surface area contributed by atoms with Gasteiger partial charge in [-0.05, 0) is 34.7 Å². The first-order chi connectivity index (χ1) is 6.06. The van der Waals surface area contributed by atoms with Gasteiger partial charge in [-0.25, -0.2) is 4.79 Å². The van der Waals surface area contributed by atoms with E-state index in [2.05, 4.69) is 0 Å². The maximum absolute atomic E-state index is 10.6. The highest BCUT2D eigenvalue weighted by Crippen LogP contribution is 2.23. The lowest BCUT2D eigenvalue weighted by atomic mass is 10.1. The number of aromatic hydroxyl groups is 1. The van der Waals surface area contributed by atoms with E-state index in [0.29, 0.717) is 3.57 Å². The SMILES string of the molecule is N#Cc1cc(I)c(C(=O)O)cc1O. The smallest absolute Gasteiger partial charge is 0.336 e. The second-order valence-corrected chi connectivity index (χ2v) is 3.43. The summed E-state index contributed by atoms with van der Waals surface area (Å²) >= 11 is 1.80. The molecule has 0 aliphatic carbocycles. The van der Waals surface area contributed by atoms with Gasteiger partial charge in [-0.15, -0.1) is 0 Å². The predicted octanol–water partition coefficient (Wildman–Crippen LogP) is 1.57. The second kappa shape index (κ2) is 3.62. The van der Waals surface area contributed by atoms with E-state index >= 15 is 0 Å². The van der Waals surface area contributed by atoms with Crippen molar-refractivity contribution in [1.29, 1.82) is 5.26 Å². The number of nitriles is 1. The van der Waals surface area contributed by atoms with Crippen molar-refractivity contribution in [3.05, 3.63) is 26.8 Å². The number of hydrogen-bond donors (Lipinski definition) is 2. The van der Waals surface area contributed by atoms with Gasteiger partial charge < -0.3 is 10.2 Å². The molecule has 1 rings (SSSR count). The van der Waals surface area contributed by atoms with Crippen LogP contribution in [0.15, 0.2) is 12.1 Å². The van der Waals surface area contributed by atoms with Crippen molar-refractivity contribution in [3.8, 4) is 11.8 Å². The normalized spacial score (nSPS) is 9.23. The fraction of sp³-hybridized carbons (Fsp3) is 0. The van der Waals surface area contributed by atoms with Gasteiger partial charge in [-0.2, -0.15) is 5.26 Å². The Morgan fingerprint density at radius 2 is 2.15 bits per heavy atom. The van der Waals surface area contributed by atoms with Crippen LogP contribution in [0.2, 0.25) is 0 Å². The van der Waals surface area contributed by atoms with Crippen LogP contribution < -0.4 is 0 Å². The van der Waals surface area contributed by atoms with E-state index < -0.39 is 5.97 Å². The van der Waals surface area contributed by atoms with Crippen molar-refractivity contribution in [2.75, 3.05) is 0 Å². The Morgan fingerprint density at radius 1 is 1.54 bits per heavy atom. The molecular weight excluding hydrogens is 285 g/mol. The van der Waals surface area contributed by atoms with Crippen LogP contribution in [0.5, 0.6) is 5.75 Å². The average molecular weight is 289 g/mol. The number of rotatable bonds is 1. The van der Waals surface area contributed by atoms with E-state index in [1.165, 1.54) is 6.07 Å². The van der Waals surface area contributed by atoms with Crippen LogP contribution in [0.25, 0.3) is 0 Å². The van der Waals surface area contributed by atoms with Crippen molar-refractivity contribution in [2.45, 2.75) is 0 Å². The van der Waals surface area contributed by atoms with Gasteiger partial charge in [-0.1, -0.05) is 0 Å². The molecule has 0 radical (unpaired) electrons. The van der Waals surface area contributed by atoms with Crippen LogP contribution in [-0.2, 0) is 0 Å². The molecule has 5 heteroatoms. The third-order valence-electron chi connectivity index (χ3n) is 1.44. The number of aromatic carboxylic acids is 1. The Kier molecular flexibility index (Phi) is 2.72. The van der Waals surface area contributed by atoms with E-state index in [1.807, 2.05) is 0 Å². The molecule has 0 aliphatic heterocycles. The van der Waals surface area contributed by atoms with Gasteiger partial charge in [0, 0.05) is 3.57 Å². The maximum Gasteiger partial charge on any atom is 0.336 e. The van der Waals surface area contributed by atoms with Crippen molar-refractivity contribution in [3.63, 3.8) is 0 Å². The lowest BCUT2D eigenvalue weighted by molar-refractivity contribution is 0.0695. The first-order valence-corrected chi connectivity index (χ1v) is 4.30. The Bertz CT molecular complexity index is 409. The molecule has 0 heterocycles. The van der Waals surface area contributed by atoms with Gasteiger partial charge in [0.2, 0.25) is 0 Å². The van der Waals surface area contributed by atoms with Crippen LogP contribution in [0.4, 0.5) is 0 Å². The second-order valence-electron chi connectivity index (χ2n) is 2.27. The van der Waals surface area contributed by atoms with Crippen molar-refractivity contribution < 1.29 is 15.0 Å². The Morgan fingerprint density at radius 3 is 2.62 bits per heavy atom. The molecule has 2 N–H and O–H groups in total. The van der Waals surface area contributed by atoms with E-state index in [1.54, 1.807) is 28.7 Å². The number of phenolic OH excluding ortho intramolecular Hbond substituents is 1. The number of carboxylic acid groups (broad SMARTS) is 1. The van der Waals surface area contributed by atoms with Crippen molar-refractivity contribution in [1.82, 2.24) is 0 Å². The summed E-state index contributed by atoms with van der Waals surface area (Å²) in [6.45, 7) is 0. The number of carboxylic acids is 1. The van der Waals surface area contributed by atoms with Crippen LogP contribution in [0.3, 0.4) is 0 Å². The molecule has 4 nitrogen and oxygen atoms in total. The van der Waals surface area contributed by atoms with Gasteiger partial charge in [-0.3, -0.25) is 0 Å². The minimum absolute atomic E-state index is 0.00269.